The van der Waals surface area contributed by atoms with E-state index >= 15 is 0 Å². The molecule has 1 heterocycles. The van der Waals surface area contributed by atoms with E-state index in [1.807, 2.05) is 24.3 Å². The molecule has 0 spiro atoms. The second-order valence-corrected chi connectivity index (χ2v) is 9.36. The molecule has 0 aromatic heterocycles. The molecule has 130 valence electrons. The highest BCUT2D eigenvalue weighted by Crippen LogP contribution is 2.44. The molecule has 1 atom stereocenters. The smallest absolute Gasteiger partial charge is 0.247 e. The van der Waals surface area contributed by atoms with Gasteiger partial charge in [0.15, 0.2) is 0 Å². The van der Waals surface area contributed by atoms with E-state index in [2.05, 4.69) is 42.5 Å². The summed E-state index contributed by atoms with van der Waals surface area (Å²) in [6, 6.07) is 7.91. The van der Waals surface area contributed by atoms with Crippen LogP contribution in [0, 0.1) is 0 Å². The van der Waals surface area contributed by atoms with Crippen molar-refractivity contribution >= 4 is 37.1 Å². The average Bonchev–Trinajstić information content (AvgIpc) is 2.78. The molecule has 1 aliphatic rings. The Labute approximate surface area is 151 Å². The number of nitrogens with zero attached hydrogens (tertiary/aromatic N) is 1. The van der Waals surface area contributed by atoms with Crippen LogP contribution in [0.5, 0.6) is 0 Å². The molecule has 1 aliphatic heterocycles. The van der Waals surface area contributed by atoms with E-state index in [0.29, 0.717) is 12.1 Å². The minimum atomic E-state index is -0.219. The molecule has 3 nitrogen and oxygen atoms in total. The third-order valence-corrected chi connectivity index (χ3v) is 6.77. The molecule has 1 unspecified atom stereocenters. The molecule has 0 radical (unpaired) electrons. The first-order valence-corrected chi connectivity index (χ1v) is 9.73. The van der Waals surface area contributed by atoms with Gasteiger partial charge in [-0.3, -0.25) is 9.59 Å². The predicted molar refractivity (Wildman–Crippen MR) is 106 cm³/mol. The number of carbonyl (C=O) groups excluding carboxylic acids is 2. The zero-order valence-electron chi connectivity index (χ0n) is 15.7. The van der Waals surface area contributed by atoms with E-state index in [4.69, 9.17) is 0 Å². The van der Waals surface area contributed by atoms with Crippen molar-refractivity contribution in [2.45, 2.75) is 63.4 Å². The SMILES string of the molecule is BC(C)(C)C(C)(C)c1ccc(N2C(=O)CC(SCCC)C2=O)cc1. The predicted octanol–water partition coefficient (Wildman–Crippen LogP) is 3.57. The summed E-state index contributed by atoms with van der Waals surface area (Å²) < 4.78 is 0. The summed E-state index contributed by atoms with van der Waals surface area (Å²) in [4.78, 5) is 26.2. The largest absolute Gasteiger partial charge is 0.274 e. The van der Waals surface area contributed by atoms with Crippen molar-refractivity contribution in [2.24, 2.45) is 0 Å². The van der Waals surface area contributed by atoms with Crippen LogP contribution >= 0.6 is 11.8 Å². The van der Waals surface area contributed by atoms with Crippen LogP contribution < -0.4 is 4.90 Å². The normalized spacial score (nSPS) is 19.2. The standard InChI is InChI=1S/C19H28BNO2S/c1-6-11-24-15-12-16(22)21(17(15)23)14-9-7-13(8-10-14)18(2,3)19(4,5)20/h7-10,15H,6,11-12,20H2,1-5H3. The molecule has 0 saturated carbocycles. The Morgan fingerprint density at radius 1 is 1.17 bits per heavy atom. The maximum absolute atomic E-state index is 12.5. The highest BCUT2D eigenvalue weighted by molar-refractivity contribution is 8.00. The summed E-state index contributed by atoms with van der Waals surface area (Å²) >= 11 is 1.59. The lowest BCUT2D eigenvalue weighted by atomic mass is 9.54. The summed E-state index contributed by atoms with van der Waals surface area (Å²) in [5, 5.41) is -0.0986. The van der Waals surface area contributed by atoms with Gasteiger partial charge in [0.05, 0.1) is 10.9 Å². The molecule has 0 aliphatic carbocycles. The van der Waals surface area contributed by atoms with Gasteiger partial charge in [-0.1, -0.05) is 52.1 Å². The van der Waals surface area contributed by atoms with Crippen LogP contribution in [0.25, 0.3) is 0 Å². The minimum Gasteiger partial charge on any atom is -0.274 e. The highest BCUT2D eigenvalue weighted by Gasteiger charge is 2.40. The quantitative estimate of drug-likeness (QED) is 0.584. The van der Waals surface area contributed by atoms with Crippen LogP contribution in [0.4, 0.5) is 5.69 Å². The lowest BCUT2D eigenvalue weighted by Gasteiger charge is -2.39. The van der Waals surface area contributed by atoms with E-state index in [0.717, 1.165) is 12.2 Å². The Morgan fingerprint density at radius 2 is 1.75 bits per heavy atom. The van der Waals surface area contributed by atoms with Crippen LogP contribution in [0.1, 0.15) is 53.0 Å². The maximum atomic E-state index is 12.5. The third-order valence-electron chi connectivity index (χ3n) is 5.35. The van der Waals surface area contributed by atoms with Gasteiger partial charge in [-0.2, -0.15) is 0 Å². The van der Waals surface area contributed by atoms with Crippen molar-refractivity contribution < 1.29 is 9.59 Å². The number of amides is 2. The zero-order chi connectivity index (χ0) is 18.1. The molecular weight excluding hydrogens is 317 g/mol. The first-order chi connectivity index (χ1) is 11.1. The second kappa shape index (κ2) is 6.95. The van der Waals surface area contributed by atoms with Crippen LogP contribution in [0.15, 0.2) is 24.3 Å². The Bertz CT molecular complexity index is 619. The number of rotatable bonds is 6. The van der Waals surface area contributed by atoms with E-state index in [-0.39, 0.29) is 27.8 Å². The summed E-state index contributed by atoms with van der Waals surface area (Å²) in [6.45, 7) is 11.0. The molecule has 1 saturated heterocycles. The Hall–Kier alpha value is -1.23. The summed E-state index contributed by atoms with van der Waals surface area (Å²) in [5.74, 6) is 0.758. The van der Waals surface area contributed by atoms with Gasteiger partial charge in [0.25, 0.3) is 0 Å². The highest BCUT2D eigenvalue weighted by atomic mass is 32.2. The van der Waals surface area contributed by atoms with E-state index in [1.54, 1.807) is 11.8 Å². The molecule has 1 aromatic carbocycles. The summed E-state index contributed by atoms with van der Waals surface area (Å²) in [7, 11) is 2.23. The molecule has 1 fully saturated rings. The van der Waals surface area contributed by atoms with Crippen LogP contribution in [0.3, 0.4) is 0 Å². The number of hydrogen-bond acceptors (Lipinski definition) is 3. The van der Waals surface area contributed by atoms with Crippen molar-refractivity contribution in [3.63, 3.8) is 0 Å². The molecule has 0 bridgehead atoms. The molecule has 24 heavy (non-hydrogen) atoms. The van der Waals surface area contributed by atoms with Gasteiger partial charge in [-0.25, -0.2) is 4.90 Å². The summed E-state index contributed by atoms with van der Waals surface area (Å²) in [5.41, 5.74) is 1.91. The van der Waals surface area contributed by atoms with Gasteiger partial charge in [0.2, 0.25) is 11.8 Å². The Balaban J connectivity index is 2.22. The Kier molecular flexibility index (Phi) is 5.53. The molecular formula is C19H28BNO2S. The fraction of sp³-hybridized carbons (Fsp3) is 0.579. The van der Waals surface area contributed by atoms with Crippen LogP contribution in [0.2, 0.25) is 5.31 Å². The lowest BCUT2D eigenvalue weighted by molar-refractivity contribution is -0.121. The van der Waals surface area contributed by atoms with Crippen LogP contribution in [-0.4, -0.2) is 30.7 Å². The van der Waals surface area contributed by atoms with Gasteiger partial charge in [0.1, 0.15) is 7.85 Å². The number of benzene rings is 1. The van der Waals surface area contributed by atoms with Crippen molar-refractivity contribution in [1.29, 1.82) is 0 Å². The van der Waals surface area contributed by atoms with Gasteiger partial charge in [-0.05, 0) is 35.3 Å². The second-order valence-electron chi connectivity index (χ2n) is 8.05. The average molecular weight is 345 g/mol. The fourth-order valence-electron chi connectivity index (χ4n) is 2.73. The first-order valence-electron chi connectivity index (χ1n) is 8.68. The van der Waals surface area contributed by atoms with Gasteiger partial charge >= 0.3 is 0 Å². The minimum absolute atomic E-state index is 0.00404. The number of imide groups is 1. The van der Waals surface area contributed by atoms with Crippen LogP contribution in [-0.2, 0) is 15.0 Å². The molecule has 1 aromatic rings. The van der Waals surface area contributed by atoms with Crippen molar-refractivity contribution in [1.82, 2.24) is 0 Å². The summed E-state index contributed by atoms with van der Waals surface area (Å²) in [6.07, 6.45) is 1.33. The fourth-order valence-corrected chi connectivity index (χ4v) is 3.75. The van der Waals surface area contributed by atoms with E-state index in [1.165, 1.54) is 10.5 Å². The first kappa shape index (κ1) is 19.1. The van der Waals surface area contributed by atoms with E-state index < -0.39 is 0 Å². The zero-order valence-corrected chi connectivity index (χ0v) is 16.5. The molecule has 2 amide bonds. The van der Waals surface area contributed by atoms with Gasteiger partial charge in [-0.15, -0.1) is 11.8 Å². The van der Waals surface area contributed by atoms with Crippen molar-refractivity contribution in [2.75, 3.05) is 10.7 Å². The van der Waals surface area contributed by atoms with Crippen molar-refractivity contribution in [3.8, 4) is 0 Å². The lowest BCUT2D eigenvalue weighted by Crippen LogP contribution is -2.32. The van der Waals surface area contributed by atoms with Crippen molar-refractivity contribution in [3.05, 3.63) is 29.8 Å². The molecule has 2 rings (SSSR count). The number of carbonyl (C=O) groups is 2. The third kappa shape index (κ3) is 3.56. The van der Waals surface area contributed by atoms with E-state index in [9.17, 15) is 9.59 Å². The maximum Gasteiger partial charge on any atom is 0.247 e. The monoisotopic (exact) mass is 345 g/mol. The number of thioether (sulfide) groups is 1. The van der Waals surface area contributed by atoms with Gasteiger partial charge < -0.3 is 0 Å². The molecule has 0 N–H and O–H groups in total. The molecule has 5 heteroatoms. The number of anilines is 1. The van der Waals surface area contributed by atoms with Gasteiger partial charge in [0, 0.05) is 6.42 Å². The topological polar surface area (TPSA) is 37.4 Å². The Morgan fingerprint density at radius 3 is 2.25 bits per heavy atom. The number of hydrogen-bond donors (Lipinski definition) is 0.